The monoisotopic (exact) mass is 420 g/mol. The highest BCUT2D eigenvalue weighted by molar-refractivity contribution is 5.97. The van der Waals surface area contributed by atoms with Gasteiger partial charge in [-0.3, -0.25) is 4.79 Å². The number of amides is 1. The van der Waals surface area contributed by atoms with Crippen molar-refractivity contribution in [2.75, 3.05) is 25.1 Å². The highest BCUT2D eigenvalue weighted by Gasteiger charge is 2.25. The molecule has 1 aromatic heterocycles. The maximum Gasteiger partial charge on any atom is 0.318 e. The molecule has 4 rings (SSSR count). The first-order valence-corrected chi connectivity index (χ1v) is 10.8. The molecular weight excluding hydrogens is 392 g/mol. The minimum Gasteiger partial charge on any atom is -0.496 e. The molecule has 0 bridgehead atoms. The van der Waals surface area contributed by atoms with Crippen LogP contribution in [0.25, 0.3) is 0 Å². The molecule has 0 radical (unpaired) electrons. The molecule has 162 valence electrons. The standard InChI is InChI=1S/C24H28N4O3/c1-30-21-14-8-7-13-19(21)22(29)25-20(17-18-11-5-4-6-12-18)23-26-27-24(31-23)28-15-9-2-3-10-16-28/h4-8,11-14,20H,2-3,9-10,15-17H2,1H3,(H,25,29). The molecule has 1 unspecified atom stereocenters. The number of nitrogens with one attached hydrogen (secondary N) is 1. The van der Waals surface area contributed by atoms with Crippen molar-refractivity contribution in [3.8, 4) is 5.75 Å². The van der Waals surface area contributed by atoms with Crippen molar-refractivity contribution in [1.82, 2.24) is 15.5 Å². The SMILES string of the molecule is COc1ccccc1C(=O)NC(Cc1ccccc1)c1nnc(N2CCCCCC2)o1. The largest absolute Gasteiger partial charge is 0.496 e. The second kappa shape index (κ2) is 10.1. The number of carbonyl (C=O) groups is 1. The van der Waals surface area contributed by atoms with Gasteiger partial charge in [-0.1, -0.05) is 60.4 Å². The topological polar surface area (TPSA) is 80.5 Å². The van der Waals surface area contributed by atoms with Crippen molar-refractivity contribution in [2.45, 2.75) is 38.1 Å². The fourth-order valence-electron chi connectivity index (χ4n) is 3.88. The van der Waals surface area contributed by atoms with Gasteiger partial charge in [0, 0.05) is 19.5 Å². The number of para-hydroxylation sites is 1. The van der Waals surface area contributed by atoms with Gasteiger partial charge < -0.3 is 19.4 Å². The summed E-state index contributed by atoms with van der Waals surface area (Å²) in [6.45, 7) is 1.83. The summed E-state index contributed by atoms with van der Waals surface area (Å²) in [6, 6.07) is 17.2. The Bertz CT molecular complexity index is 981. The summed E-state index contributed by atoms with van der Waals surface area (Å²) in [7, 11) is 1.55. The van der Waals surface area contributed by atoms with Crippen LogP contribution in [0.2, 0.25) is 0 Å². The summed E-state index contributed by atoms with van der Waals surface area (Å²) in [6.07, 6.45) is 5.24. The number of rotatable bonds is 7. The zero-order valence-corrected chi connectivity index (χ0v) is 17.8. The Kier molecular flexibility index (Phi) is 6.82. The van der Waals surface area contributed by atoms with Gasteiger partial charge >= 0.3 is 6.01 Å². The zero-order valence-electron chi connectivity index (χ0n) is 17.8. The van der Waals surface area contributed by atoms with Crippen molar-refractivity contribution in [3.63, 3.8) is 0 Å². The van der Waals surface area contributed by atoms with E-state index in [9.17, 15) is 4.79 Å². The first-order chi connectivity index (χ1) is 15.2. The number of hydrogen-bond donors (Lipinski definition) is 1. The maximum atomic E-state index is 13.1. The van der Waals surface area contributed by atoms with E-state index in [2.05, 4.69) is 20.4 Å². The molecule has 0 spiro atoms. The van der Waals surface area contributed by atoms with E-state index in [1.807, 2.05) is 42.5 Å². The number of aromatic nitrogens is 2. The van der Waals surface area contributed by atoms with Crippen LogP contribution >= 0.6 is 0 Å². The molecule has 2 aromatic carbocycles. The summed E-state index contributed by atoms with van der Waals surface area (Å²) in [5, 5.41) is 11.7. The molecule has 7 nitrogen and oxygen atoms in total. The molecule has 7 heteroatoms. The third kappa shape index (κ3) is 5.23. The van der Waals surface area contributed by atoms with Gasteiger partial charge in [0.05, 0.1) is 12.7 Å². The van der Waals surface area contributed by atoms with Crippen molar-refractivity contribution < 1.29 is 13.9 Å². The Hall–Kier alpha value is -3.35. The highest BCUT2D eigenvalue weighted by atomic mass is 16.5. The van der Waals surface area contributed by atoms with Crippen LogP contribution < -0.4 is 15.0 Å². The number of benzene rings is 2. The van der Waals surface area contributed by atoms with Crippen LogP contribution in [0.1, 0.15) is 53.5 Å². The summed E-state index contributed by atoms with van der Waals surface area (Å²) >= 11 is 0. The van der Waals surface area contributed by atoms with Gasteiger partial charge in [0.2, 0.25) is 5.89 Å². The average Bonchev–Trinajstić information content (AvgIpc) is 3.14. The van der Waals surface area contributed by atoms with Gasteiger partial charge in [0.15, 0.2) is 0 Å². The molecule has 31 heavy (non-hydrogen) atoms. The highest BCUT2D eigenvalue weighted by Crippen LogP contribution is 2.25. The number of carbonyl (C=O) groups excluding carboxylic acids is 1. The molecule has 2 heterocycles. The number of hydrogen-bond acceptors (Lipinski definition) is 6. The van der Waals surface area contributed by atoms with E-state index < -0.39 is 6.04 Å². The molecule has 3 aromatic rings. The lowest BCUT2D eigenvalue weighted by Gasteiger charge is -2.18. The van der Waals surface area contributed by atoms with E-state index in [0.717, 1.165) is 31.5 Å². The summed E-state index contributed by atoms with van der Waals surface area (Å²) in [5.74, 6) is 0.688. The van der Waals surface area contributed by atoms with Crippen molar-refractivity contribution >= 4 is 11.9 Å². The minimum absolute atomic E-state index is 0.243. The van der Waals surface area contributed by atoms with E-state index in [-0.39, 0.29) is 5.91 Å². The lowest BCUT2D eigenvalue weighted by molar-refractivity contribution is 0.0927. The predicted octanol–water partition coefficient (Wildman–Crippen LogP) is 4.17. The number of ether oxygens (including phenoxy) is 1. The Balaban J connectivity index is 1.58. The van der Waals surface area contributed by atoms with Gasteiger partial charge in [0.25, 0.3) is 5.91 Å². The summed E-state index contributed by atoms with van der Waals surface area (Å²) in [4.78, 5) is 15.2. The lowest BCUT2D eigenvalue weighted by atomic mass is 10.1. The molecular formula is C24H28N4O3. The predicted molar refractivity (Wildman–Crippen MR) is 118 cm³/mol. The van der Waals surface area contributed by atoms with Gasteiger partial charge in [-0.15, -0.1) is 5.10 Å². The molecule has 1 aliphatic rings. The van der Waals surface area contributed by atoms with Crippen LogP contribution in [0, 0.1) is 0 Å². The van der Waals surface area contributed by atoms with Gasteiger partial charge in [0.1, 0.15) is 11.8 Å². The smallest absolute Gasteiger partial charge is 0.318 e. The Labute approximate surface area is 182 Å². The molecule has 1 N–H and O–H groups in total. The second-order valence-corrected chi connectivity index (χ2v) is 7.74. The number of nitrogens with zero attached hydrogens (tertiary/aromatic N) is 3. The minimum atomic E-state index is -0.451. The van der Waals surface area contributed by atoms with Crippen molar-refractivity contribution in [2.24, 2.45) is 0 Å². The zero-order chi connectivity index (χ0) is 21.5. The van der Waals surface area contributed by atoms with Crippen LogP contribution in [0.5, 0.6) is 5.75 Å². The Morgan fingerprint density at radius 3 is 2.48 bits per heavy atom. The average molecular weight is 421 g/mol. The molecule has 0 saturated carbocycles. The fourth-order valence-corrected chi connectivity index (χ4v) is 3.88. The third-order valence-electron chi connectivity index (χ3n) is 5.54. The van der Waals surface area contributed by atoms with E-state index in [1.165, 1.54) is 12.8 Å². The quantitative estimate of drug-likeness (QED) is 0.618. The van der Waals surface area contributed by atoms with Gasteiger partial charge in [-0.2, -0.15) is 0 Å². The van der Waals surface area contributed by atoms with Crippen LogP contribution in [0.3, 0.4) is 0 Å². The number of methoxy groups -OCH3 is 1. The van der Waals surface area contributed by atoms with E-state index in [4.69, 9.17) is 9.15 Å². The van der Waals surface area contributed by atoms with Gasteiger partial charge in [-0.05, 0) is 30.5 Å². The van der Waals surface area contributed by atoms with Crippen LogP contribution in [0.4, 0.5) is 6.01 Å². The first kappa shape index (κ1) is 20.9. The molecule has 1 atom stereocenters. The molecule has 0 aliphatic carbocycles. The molecule has 1 aliphatic heterocycles. The van der Waals surface area contributed by atoms with Crippen molar-refractivity contribution in [3.05, 3.63) is 71.6 Å². The lowest BCUT2D eigenvalue weighted by Crippen LogP contribution is -2.30. The molecule has 1 saturated heterocycles. The van der Waals surface area contributed by atoms with Gasteiger partial charge in [-0.25, -0.2) is 0 Å². The van der Waals surface area contributed by atoms with E-state index in [1.54, 1.807) is 19.2 Å². The second-order valence-electron chi connectivity index (χ2n) is 7.74. The summed E-state index contributed by atoms with van der Waals surface area (Å²) < 4.78 is 11.4. The molecule has 1 amide bonds. The normalized spacial score (nSPS) is 15.2. The van der Waals surface area contributed by atoms with E-state index in [0.29, 0.717) is 29.6 Å². The Morgan fingerprint density at radius 1 is 1.03 bits per heavy atom. The van der Waals surface area contributed by atoms with Crippen molar-refractivity contribution in [1.29, 1.82) is 0 Å². The fraction of sp³-hybridized carbons (Fsp3) is 0.375. The van der Waals surface area contributed by atoms with Crippen LogP contribution in [0.15, 0.2) is 59.0 Å². The van der Waals surface area contributed by atoms with E-state index >= 15 is 0 Å². The Morgan fingerprint density at radius 2 is 1.74 bits per heavy atom. The van der Waals surface area contributed by atoms with Crippen LogP contribution in [-0.2, 0) is 6.42 Å². The third-order valence-corrected chi connectivity index (χ3v) is 5.54. The number of anilines is 1. The maximum absolute atomic E-state index is 13.1. The molecule has 1 fully saturated rings. The van der Waals surface area contributed by atoms with Crippen LogP contribution in [-0.4, -0.2) is 36.3 Å². The first-order valence-electron chi connectivity index (χ1n) is 10.8. The summed E-state index contributed by atoms with van der Waals surface area (Å²) in [5.41, 5.74) is 1.54.